The topological polar surface area (TPSA) is 55.1 Å². The van der Waals surface area contributed by atoms with Crippen LogP contribution >= 0.6 is 15.9 Å². The van der Waals surface area contributed by atoms with E-state index in [9.17, 15) is 9.18 Å². The number of benzene rings is 1. The Balaban J connectivity index is 2.65. The molecule has 0 aliphatic heterocycles. The van der Waals surface area contributed by atoms with Gasteiger partial charge in [-0.05, 0) is 30.7 Å². The molecule has 0 saturated heterocycles. The van der Waals surface area contributed by atoms with E-state index in [0.29, 0.717) is 16.8 Å². The van der Waals surface area contributed by atoms with Crippen LogP contribution in [0.1, 0.15) is 16.1 Å². The minimum Gasteiger partial charge on any atom is -0.476 e. The molecule has 0 aliphatic rings. The molecule has 94 valence electrons. The van der Waals surface area contributed by atoms with Gasteiger partial charge in [-0.25, -0.2) is 9.18 Å². The maximum Gasteiger partial charge on any atom is 0.356 e. The van der Waals surface area contributed by atoms with Gasteiger partial charge >= 0.3 is 5.97 Å². The molecule has 0 radical (unpaired) electrons. The zero-order valence-electron chi connectivity index (χ0n) is 9.74. The summed E-state index contributed by atoms with van der Waals surface area (Å²) in [5, 5.41) is 12.7. The summed E-state index contributed by atoms with van der Waals surface area (Å²) in [7, 11) is 1.58. The summed E-state index contributed by atoms with van der Waals surface area (Å²) in [4.78, 5) is 10.8. The number of carboxylic acids is 1. The molecule has 0 aliphatic carbocycles. The molecule has 0 spiro atoms. The number of hydrogen-bond acceptors (Lipinski definition) is 2. The van der Waals surface area contributed by atoms with Gasteiger partial charge in [0.05, 0.1) is 5.69 Å². The highest BCUT2D eigenvalue weighted by atomic mass is 79.9. The number of halogens is 2. The lowest BCUT2D eigenvalue weighted by molar-refractivity contribution is 0.0689. The van der Waals surface area contributed by atoms with Gasteiger partial charge in [0.1, 0.15) is 5.82 Å². The number of carboxylic acid groups (broad SMARTS) is 1. The van der Waals surface area contributed by atoms with E-state index in [1.165, 1.54) is 10.7 Å². The second-order valence-electron chi connectivity index (χ2n) is 3.93. The fraction of sp³-hybridized carbons (Fsp3) is 0.167. The predicted octanol–water partition coefficient (Wildman–Crippen LogP) is 3.00. The summed E-state index contributed by atoms with van der Waals surface area (Å²) in [6.07, 6.45) is 0. The van der Waals surface area contributed by atoms with Gasteiger partial charge in [-0.15, -0.1) is 0 Å². The SMILES string of the molecule is Cc1cc(Br)cc(-c2cc(C(=O)O)nn2C)c1F. The van der Waals surface area contributed by atoms with Crippen LogP contribution in [0.2, 0.25) is 0 Å². The third-order valence-electron chi connectivity index (χ3n) is 2.59. The van der Waals surface area contributed by atoms with Crippen LogP contribution in [-0.4, -0.2) is 20.9 Å². The second kappa shape index (κ2) is 4.53. The van der Waals surface area contributed by atoms with E-state index in [2.05, 4.69) is 21.0 Å². The van der Waals surface area contributed by atoms with Crippen LogP contribution in [0.3, 0.4) is 0 Å². The van der Waals surface area contributed by atoms with Crippen molar-refractivity contribution in [1.29, 1.82) is 0 Å². The first-order chi connectivity index (χ1) is 8.40. The van der Waals surface area contributed by atoms with Gasteiger partial charge in [0.2, 0.25) is 0 Å². The fourth-order valence-corrected chi connectivity index (χ4v) is 2.31. The number of aromatic carboxylic acids is 1. The average molecular weight is 313 g/mol. The van der Waals surface area contributed by atoms with Crippen molar-refractivity contribution in [2.45, 2.75) is 6.92 Å². The molecule has 6 heteroatoms. The predicted molar refractivity (Wildman–Crippen MR) is 68.0 cm³/mol. The van der Waals surface area contributed by atoms with Gasteiger partial charge in [-0.1, -0.05) is 15.9 Å². The number of rotatable bonds is 2. The first-order valence-electron chi connectivity index (χ1n) is 5.13. The highest BCUT2D eigenvalue weighted by molar-refractivity contribution is 9.10. The minimum absolute atomic E-state index is 0.107. The normalized spacial score (nSPS) is 10.7. The molecule has 0 unspecified atom stereocenters. The third kappa shape index (κ3) is 2.15. The van der Waals surface area contributed by atoms with Crippen molar-refractivity contribution >= 4 is 21.9 Å². The first kappa shape index (κ1) is 12.8. The molecular formula is C12H10BrFN2O2. The molecule has 0 amide bonds. The molecule has 4 nitrogen and oxygen atoms in total. The second-order valence-corrected chi connectivity index (χ2v) is 4.84. The maximum atomic E-state index is 14.0. The summed E-state index contributed by atoms with van der Waals surface area (Å²) < 4.78 is 16.1. The average Bonchev–Trinajstić information content (AvgIpc) is 2.66. The van der Waals surface area contributed by atoms with E-state index < -0.39 is 5.97 Å². The summed E-state index contributed by atoms with van der Waals surface area (Å²) >= 11 is 3.29. The largest absolute Gasteiger partial charge is 0.476 e. The Bertz CT molecular complexity index is 637. The highest BCUT2D eigenvalue weighted by Crippen LogP contribution is 2.29. The van der Waals surface area contributed by atoms with Crippen molar-refractivity contribution < 1.29 is 14.3 Å². The van der Waals surface area contributed by atoms with Crippen LogP contribution in [0.25, 0.3) is 11.3 Å². The summed E-state index contributed by atoms with van der Waals surface area (Å²) in [5.41, 5.74) is 1.13. The Labute approximate surface area is 111 Å². The molecule has 2 aromatic rings. The molecule has 18 heavy (non-hydrogen) atoms. The van der Waals surface area contributed by atoms with Gasteiger partial charge in [0, 0.05) is 17.1 Å². The van der Waals surface area contributed by atoms with E-state index >= 15 is 0 Å². The molecule has 0 fully saturated rings. The van der Waals surface area contributed by atoms with Crippen molar-refractivity contribution in [3.8, 4) is 11.3 Å². The number of carbonyl (C=O) groups is 1. The molecule has 0 atom stereocenters. The van der Waals surface area contributed by atoms with Crippen LogP contribution in [-0.2, 0) is 7.05 Å². The van der Waals surface area contributed by atoms with Gasteiger partial charge in [-0.2, -0.15) is 5.10 Å². The van der Waals surface area contributed by atoms with Crippen molar-refractivity contribution in [3.63, 3.8) is 0 Å². The molecule has 1 N–H and O–H groups in total. The molecule has 2 rings (SSSR count). The standard InChI is InChI=1S/C12H10BrFN2O2/c1-6-3-7(13)4-8(11(6)14)10-5-9(12(17)18)15-16(10)2/h3-5H,1-2H3,(H,17,18). The van der Waals surface area contributed by atoms with Gasteiger partial charge in [0.25, 0.3) is 0 Å². The Kier molecular flexibility index (Phi) is 3.21. The van der Waals surface area contributed by atoms with Crippen LogP contribution in [0, 0.1) is 12.7 Å². The lowest BCUT2D eigenvalue weighted by atomic mass is 10.1. The number of hydrogen-bond donors (Lipinski definition) is 1. The van der Waals surface area contributed by atoms with Crippen LogP contribution < -0.4 is 0 Å². The lowest BCUT2D eigenvalue weighted by Crippen LogP contribution is -2.00. The van der Waals surface area contributed by atoms with E-state index in [4.69, 9.17) is 5.11 Å². The maximum absolute atomic E-state index is 14.0. The Morgan fingerprint density at radius 2 is 2.11 bits per heavy atom. The van der Waals surface area contributed by atoms with E-state index in [-0.39, 0.29) is 11.5 Å². The van der Waals surface area contributed by atoms with Gasteiger partial charge in [-0.3, -0.25) is 4.68 Å². The van der Waals surface area contributed by atoms with Crippen LogP contribution in [0.5, 0.6) is 0 Å². The molecule has 1 heterocycles. The zero-order chi connectivity index (χ0) is 13.4. The molecular weight excluding hydrogens is 303 g/mol. The van der Waals surface area contributed by atoms with Gasteiger partial charge in [0.15, 0.2) is 5.69 Å². The monoisotopic (exact) mass is 312 g/mol. The third-order valence-corrected chi connectivity index (χ3v) is 3.05. The fourth-order valence-electron chi connectivity index (χ4n) is 1.74. The van der Waals surface area contributed by atoms with Crippen molar-refractivity contribution in [3.05, 3.63) is 39.7 Å². The molecule has 1 aromatic carbocycles. The molecule has 0 saturated carbocycles. The molecule has 1 aromatic heterocycles. The highest BCUT2D eigenvalue weighted by Gasteiger charge is 2.17. The molecule has 0 bridgehead atoms. The Hall–Kier alpha value is -1.69. The number of aromatic nitrogens is 2. The number of aryl methyl sites for hydroxylation is 2. The van der Waals surface area contributed by atoms with E-state index in [1.54, 1.807) is 26.1 Å². The smallest absolute Gasteiger partial charge is 0.356 e. The summed E-state index contributed by atoms with van der Waals surface area (Å²) in [6, 6.07) is 4.62. The zero-order valence-corrected chi connectivity index (χ0v) is 11.3. The van der Waals surface area contributed by atoms with Crippen molar-refractivity contribution in [2.75, 3.05) is 0 Å². The van der Waals surface area contributed by atoms with E-state index in [0.717, 1.165) is 4.47 Å². The van der Waals surface area contributed by atoms with Crippen LogP contribution in [0.4, 0.5) is 4.39 Å². The van der Waals surface area contributed by atoms with Crippen molar-refractivity contribution in [1.82, 2.24) is 9.78 Å². The summed E-state index contributed by atoms with van der Waals surface area (Å²) in [5.74, 6) is -1.51. The van der Waals surface area contributed by atoms with E-state index in [1.807, 2.05) is 0 Å². The summed E-state index contributed by atoms with van der Waals surface area (Å²) in [6.45, 7) is 1.65. The minimum atomic E-state index is -1.14. The Morgan fingerprint density at radius 3 is 2.67 bits per heavy atom. The quantitative estimate of drug-likeness (QED) is 0.927. The lowest BCUT2D eigenvalue weighted by Gasteiger charge is -2.07. The van der Waals surface area contributed by atoms with Crippen molar-refractivity contribution in [2.24, 2.45) is 7.05 Å². The van der Waals surface area contributed by atoms with Crippen LogP contribution in [0.15, 0.2) is 22.7 Å². The Morgan fingerprint density at radius 1 is 1.44 bits per heavy atom. The first-order valence-corrected chi connectivity index (χ1v) is 5.93. The number of nitrogens with zero attached hydrogens (tertiary/aromatic N) is 2. The van der Waals surface area contributed by atoms with Gasteiger partial charge < -0.3 is 5.11 Å².